The topological polar surface area (TPSA) is 58.4 Å². The summed E-state index contributed by atoms with van der Waals surface area (Å²) in [7, 11) is 0. The molecule has 4 heteroatoms. The summed E-state index contributed by atoms with van der Waals surface area (Å²) in [6, 6.07) is 7.81. The Balaban J connectivity index is 2.84. The molecule has 22 heavy (non-hydrogen) atoms. The molecule has 0 aromatic heterocycles. The first-order valence-electron chi connectivity index (χ1n) is 8.25. The normalized spacial score (nSPS) is 13.8. The fraction of sp³-hybridized carbons (Fsp3) is 0.611. The van der Waals surface area contributed by atoms with Crippen LogP contribution in [0.5, 0.6) is 0 Å². The number of nitrogens with two attached hydrogens (primary N) is 1. The van der Waals surface area contributed by atoms with Crippen LogP contribution in [0.25, 0.3) is 0 Å². The Morgan fingerprint density at radius 1 is 1.27 bits per heavy atom. The predicted molar refractivity (Wildman–Crippen MR) is 94.4 cm³/mol. The molecule has 0 radical (unpaired) electrons. The molecule has 0 bridgehead atoms. The molecular formula is C18H31N3O. The highest BCUT2D eigenvalue weighted by molar-refractivity contribution is 5.95. The number of benzene rings is 1. The van der Waals surface area contributed by atoms with Crippen molar-refractivity contribution in [3.8, 4) is 0 Å². The van der Waals surface area contributed by atoms with Crippen LogP contribution in [0.2, 0.25) is 0 Å². The van der Waals surface area contributed by atoms with Crippen molar-refractivity contribution in [3.63, 3.8) is 0 Å². The van der Waals surface area contributed by atoms with Crippen molar-refractivity contribution in [1.82, 2.24) is 5.32 Å². The molecule has 1 atom stereocenters. The van der Waals surface area contributed by atoms with Gasteiger partial charge in [-0.15, -0.1) is 0 Å². The lowest BCUT2D eigenvalue weighted by atomic mass is 9.88. The molecule has 0 spiro atoms. The third-order valence-electron chi connectivity index (χ3n) is 4.47. The van der Waals surface area contributed by atoms with E-state index in [-0.39, 0.29) is 17.4 Å². The minimum absolute atomic E-state index is 0.0632. The Labute approximate surface area is 135 Å². The van der Waals surface area contributed by atoms with Crippen LogP contribution in [-0.4, -0.2) is 31.1 Å². The summed E-state index contributed by atoms with van der Waals surface area (Å²) in [5.41, 5.74) is 7.28. The first-order chi connectivity index (χ1) is 10.4. The van der Waals surface area contributed by atoms with Gasteiger partial charge in [0, 0.05) is 30.9 Å². The molecule has 0 aliphatic heterocycles. The van der Waals surface area contributed by atoms with Gasteiger partial charge in [0.1, 0.15) is 0 Å². The first kappa shape index (κ1) is 18.5. The van der Waals surface area contributed by atoms with Crippen molar-refractivity contribution in [1.29, 1.82) is 0 Å². The molecule has 0 aliphatic rings. The van der Waals surface area contributed by atoms with Gasteiger partial charge in [-0.25, -0.2) is 0 Å². The second-order valence-corrected chi connectivity index (χ2v) is 6.36. The Hall–Kier alpha value is -1.55. The molecule has 0 heterocycles. The molecular weight excluding hydrogens is 274 g/mol. The fourth-order valence-electron chi connectivity index (χ4n) is 2.33. The molecule has 0 saturated carbocycles. The quantitative estimate of drug-likeness (QED) is 0.776. The van der Waals surface area contributed by atoms with Crippen LogP contribution in [-0.2, 0) is 0 Å². The third-order valence-corrected chi connectivity index (χ3v) is 4.47. The van der Waals surface area contributed by atoms with Gasteiger partial charge < -0.3 is 16.0 Å². The van der Waals surface area contributed by atoms with E-state index in [1.807, 2.05) is 31.2 Å². The molecule has 1 rings (SSSR count). The zero-order valence-corrected chi connectivity index (χ0v) is 14.6. The van der Waals surface area contributed by atoms with Crippen molar-refractivity contribution >= 4 is 11.6 Å². The maximum atomic E-state index is 12.4. The van der Waals surface area contributed by atoms with E-state index in [2.05, 4.69) is 37.9 Å². The van der Waals surface area contributed by atoms with Gasteiger partial charge in [-0.2, -0.15) is 0 Å². The Bertz CT molecular complexity index is 470. The molecule has 0 aliphatic carbocycles. The Morgan fingerprint density at radius 2 is 1.86 bits per heavy atom. The number of hydrogen-bond donors (Lipinski definition) is 2. The van der Waals surface area contributed by atoms with Gasteiger partial charge in [-0.1, -0.05) is 20.8 Å². The van der Waals surface area contributed by atoms with Gasteiger partial charge in [0.25, 0.3) is 5.91 Å². The van der Waals surface area contributed by atoms with Gasteiger partial charge in [-0.3, -0.25) is 4.79 Å². The van der Waals surface area contributed by atoms with Crippen LogP contribution in [0.15, 0.2) is 24.3 Å². The second-order valence-electron chi connectivity index (χ2n) is 6.36. The summed E-state index contributed by atoms with van der Waals surface area (Å²) in [6.45, 7) is 12.9. The van der Waals surface area contributed by atoms with E-state index >= 15 is 0 Å². The van der Waals surface area contributed by atoms with Gasteiger partial charge in [0.2, 0.25) is 0 Å². The number of anilines is 1. The summed E-state index contributed by atoms with van der Waals surface area (Å²) in [4.78, 5) is 14.7. The zero-order chi connectivity index (χ0) is 16.8. The summed E-state index contributed by atoms with van der Waals surface area (Å²) in [5, 5.41) is 3.07. The molecule has 0 saturated heterocycles. The van der Waals surface area contributed by atoms with E-state index in [1.165, 1.54) is 0 Å². The number of carbonyl (C=O) groups excluding carboxylic acids is 1. The number of nitrogens with one attached hydrogen (secondary N) is 1. The minimum atomic E-state index is -0.382. The average Bonchev–Trinajstić information content (AvgIpc) is 2.52. The highest BCUT2D eigenvalue weighted by Gasteiger charge is 2.28. The van der Waals surface area contributed by atoms with Crippen molar-refractivity contribution in [2.45, 2.75) is 46.6 Å². The second kappa shape index (κ2) is 8.18. The van der Waals surface area contributed by atoms with Gasteiger partial charge >= 0.3 is 0 Å². The maximum absolute atomic E-state index is 12.4. The van der Waals surface area contributed by atoms with Gasteiger partial charge in [-0.05, 0) is 50.5 Å². The maximum Gasteiger partial charge on any atom is 0.251 e. The SMILES string of the molecule is CCCN(CC)c1ccc(C(=O)NC(C)(CN)C(C)C)cc1. The van der Waals surface area contributed by atoms with Crippen LogP contribution in [0.1, 0.15) is 51.4 Å². The van der Waals surface area contributed by atoms with E-state index in [0.717, 1.165) is 25.2 Å². The van der Waals surface area contributed by atoms with E-state index < -0.39 is 0 Å². The Kier molecular flexibility index (Phi) is 6.88. The highest BCUT2D eigenvalue weighted by Crippen LogP contribution is 2.18. The predicted octanol–water partition coefficient (Wildman–Crippen LogP) is 3.03. The number of amides is 1. The lowest BCUT2D eigenvalue weighted by Crippen LogP contribution is -2.55. The molecule has 1 amide bonds. The van der Waals surface area contributed by atoms with Crippen molar-refractivity contribution in [2.75, 3.05) is 24.5 Å². The third kappa shape index (κ3) is 4.47. The summed E-state index contributed by atoms with van der Waals surface area (Å²) in [6.07, 6.45) is 1.11. The average molecular weight is 305 g/mol. The van der Waals surface area contributed by atoms with E-state index in [0.29, 0.717) is 12.1 Å². The molecule has 4 nitrogen and oxygen atoms in total. The summed E-state index contributed by atoms with van der Waals surface area (Å²) in [5.74, 6) is 0.215. The molecule has 1 unspecified atom stereocenters. The largest absolute Gasteiger partial charge is 0.372 e. The van der Waals surface area contributed by atoms with E-state index in [4.69, 9.17) is 5.73 Å². The lowest BCUT2D eigenvalue weighted by Gasteiger charge is -2.33. The fourth-order valence-corrected chi connectivity index (χ4v) is 2.33. The standard InChI is InChI=1S/C18H31N3O/c1-6-12-21(7-2)16-10-8-15(9-11-16)17(22)20-18(5,13-19)14(3)4/h8-11,14H,6-7,12-13,19H2,1-5H3,(H,20,22). The molecule has 0 fully saturated rings. The van der Waals surface area contributed by atoms with Crippen LogP contribution in [0.4, 0.5) is 5.69 Å². The number of hydrogen-bond acceptors (Lipinski definition) is 3. The van der Waals surface area contributed by atoms with Crippen LogP contribution in [0, 0.1) is 5.92 Å². The first-order valence-corrected chi connectivity index (χ1v) is 8.25. The monoisotopic (exact) mass is 305 g/mol. The van der Waals surface area contributed by atoms with Crippen molar-refractivity contribution < 1.29 is 4.79 Å². The lowest BCUT2D eigenvalue weighted by molar-refractivity contribution is 0.0883. The summed E-state index contributed by atoms with van der Waals surface area (Å²) < 4.78 is 0. The molecule has 1 aromatic carbocycles. The molecule has 1 aromatic rings. The molecule has 124 valence electrons. The van der Waals surface area contributed by atoms with Crippen LogP contribution >= 0.6 is 0 Å². The van der Waals surface area contributed by atoms with E-state index in [9.17, 15) is 4.79 Å². The minimum Gasteiger partial charge on any atom is -0.372 e. The number of rotatable bonds is 8. The van der Waals surface area contributed by atoms with Crippen LogP contribution in [0.3, 0.4) is 0 Å². The smallest absolute Gasteiger partial charge is 0.251 e. The van der Waals surface area contributed by atoms with Crippen LogP contribution < -0.4 is 16.0 Å². The van der Waals surface area contributed by atoms with Gasteiger partial charge in [0.05, 0.1) is 5.54 Å². The van der Waals surface area contributed by atoms with Crippen molar-refractivity contribution in [3.05, 3.63) is 29.8 Å². The number of carbonyl (C=O) groups is 1. The highest BCUT2D eigenvalue weighted by atomic mass is 16.1. The van der Waals surface area contributed by atoms with Crippen molar-refractivity contribution in [2.24, 2.45) is 11.7 Å². The Morgan fingerprint density at radius 3 is 2.27 bits per heavy atom. The molecule has 3 N–H and O–H groups in total. The van der Waals surface area contributed by atoms with Gasteiger partial charge in [0.15, 0.2) is 0 Å². The summed E-state index contributed by atoms with van der Waals surface area (Å²) >= 11 is 0. The van der Waals surface area contributed by atoms with E-state index in [1.54, 1.807) is 0 Å². The number of nitrogens with zero attached hydrogens (tertiary/aromatic N) is 1. The zero-order valence-electron chi connectivity index (χ0n) is 14.6.